The molecule has 1 aliphatic heterocycles. The lowest BCUT2D eigenvalue weighted by molar-refractivity contribution is 0.0224. The number of nitrogens with one attached hydrogen (secondary N) is 3. The minimum atomic E-state index is -0.532. The SMILES string of the molecule is CCNC(=O)Nc1n[nH]c2c1CN(C(=O)OC(C)(C)C)CC2. The zero-order chi connectivity index (χ0) is 16.3. The Hall–Kier alpha value is -2.25. The van der Waals surface area contributed by atoms with Crippen molar-refractivity contribution in [1.29, 1.82) is 0 Å². The van der Waals surface area contributed by atoms with E-state index in [1.807, 2.05) is 27.7 Å². The number of fused-ring (bicyclic) bond motifs is 1. The van der Waals surface area contributed by atoms with Crippen LogP contribution in [0.15, 0.2) is 0 Å². The Morgan fingerprint density at radius 1 is 1.41 bits per heavy atom. The van der Waals surface area contributed by atoms with Crippen molar-refractivity contribution < 1.29 is 14.3 Å². The van der Waals surface area contributed by atoms with Crippen molar-refractivity contribution in [3.05, 3.63) is 11.3 Å². The number of ether oxygens (including phenoxy) is 1. The minimum Gasteiger partial charge on any atom is -0.444 e. The van der Waals surface area contributed by atoms with Crippen LogP contribution in [-0.2, 0) is 17.7 Å². The standard InChI is InChI=1S/C14H23N5O3/c1-5-15-12(20)16-11-9-8-19(7-6-10(9)17-18-11)13(21)22-14(2,3)4/h5-8H2,1-4H3,(H3,15,16,17,18,20). The largest absolute Gasteiger partial charge is 0.444 e. The van der Waals surface area contributed by atoms with Gasteiger partial charge in [-0.1, -0.05) is 0 Å². The number of carbonyl (C=O) groups excluding carboxylic acids is 2. The van der Waals surface area contributed by atoms with Gasteiger partial charge in [-0.2, -0.15) is 5.10 Å². The normalized spacial score (nSPS) is 14.3. The summed E-state index contributed by atoms with van der Waals surface area (Å²) in [6, 6.07) is -0.314. The van der Waals surface area contributed by atoms with Gasteiger partial charge in [-0.3, -0.25) is 10.4 Å². The molecule has 2 heterocycles. The molecule has 3 amide bonds. The van der Waals surface area contributed by atoms with E-state index < -0.39 is 5.60 Å². The number of nitrogens with zero attached hydrogens (tertiary/aromatic N) is 2. The molecule has 0 bridgehead atoms. The molecule has 3 N–H and O–H groups in total. The Morgan fingerprint density at radius 3 is 2.77 bits per heavy atom. The number of aromatic nitrogens is 2. The molecule has 1 aliphatic rings. The molecular weight excluding hydrogens is 286 g/mol. The van der Waals surface area contributed by atoms with Crippen LogP contribution in [0.1, 0.15) is 39.0 Å². The Morgan fingerprint density at radius 2 is 2.14 bits per heavy atom. The third-order valence-electron chi connectivity index (χ3n) is 3.15. The predicted molar refractivity (Wildman–Crippen MR) is 81.6 cm³/mol. The molecule has 22 heavy (non-hydrogen) atoms. The van der Waals surface area contributed by atoms with E-state index in [-0.39, 0.29) is 12.1 Å². The van der Waals surface area contributed by atoms with Crippen molar-refractivity contribution in [2.75, 3.05) is 18.4 Å². The lowest BCUT2D eigenvalue weighted by atomic mass is 10.1. The third kappa shape index (κ3) is 3.90. The predicted octanol–water partition coefficient (Wildman–Crippen LogP) is 1.84. The van der Waals surface area contributed by atoms with E-state index in [1.54, 1.807) is 4.90 Å². The molecule has 8 heteroatoms. The smallest absolute Gasteiger partial charge is 0.410 e. The highest BCUT2D eigenvalue weighted by molar-refractivity contribution is 5.89. The number of hydrogen-bond donors (Lipinski definition) is 3. The van der Waals surface area contributed by atoms with Crippen LogP contribution in [0.5, 0.6) is 0 Å². The molecule has 0 saturated heterocycles. The zero-order valence-corrected chi connectivity index (χ0v) is 13.4. The molecule has 8 nitrogen and oxygen atoms in total. The second-order valence-corrected chi connectivity index (χ2v) is 6.17. The molecule has 2 rings (SSSR count). The van der Waals surface area contributed by atoms with Crippen molar-refractivity contribution in [2.45, 2.75) is 46.3 Å². The van der Waals surface area contributed by atoms with Crippen LogP contribution in [0, 0.1) is 0 Å². The Labute approximate surface area is 129 Å². The number of H-pyrrole nitrogens is 1. The van der Waals surface area contributed by atoms with E-state index in [9.17, 15) is 9.59 Å². The highest BCUT2D eigenvalue weighted by Crippen LogP contribution is 2.25. The molecule has 0 atom stereocenters. The van der Waals surface area contributed by atoms with E-state index in [1.165, 1.54) is 0 Å². The van der Waals surface area contributed by atoms with Crippen LogP contribution < -0.4 is 10.6 Å². The first-order valence-electron chi connectivity index (χ1n) is 7.39. The van der Waals surface area contributed by atoms with Crippen LogP contribution in [0.2, 0.25) is 0 Å². The zero-order valence-electron chi connectivity index (χ0n) is 13.4. The second-order valence-electron chi connectivity index (χ2n) is 6.17. The van der Waals surface area contributed by atoms with Gasteiger partial charge in [-0.15, -0.1) is 0 Å². The van der Waals surface area contributed by atoms with E-state index in [2.05, 4.69) is 20.8 Å². The minimum absolute atomic E-state index is 0.314. The first kappa shape index (κ1) is 16.1. The number of urea groups is 1. The maximum absolute atomic E-state index is 12.2. The van der Waals surface area contributed by atoms with Gasteiger partial charge in [0.15, 0.2) is 5.82 Å². The van der Waals surface area contributed by atoms with Crippen LogP contribution in [0.4, 0.5) is 15.4 Å². The molecular formula is C14H23N5O3. The van der Waals surface area contributed by atoms with E-state index >= 15 is 0 Å². The van der Waals surface area contributed by atoms with Crippen LogP contribution >= 0.6 is 0 Å². The summed E-state index contributed by atoms with van der Waals surface area (Å²) in [7, 11) is 0. The summed E-state index contributed by atoms with van der Waals surface area (Å²) in [6.07, 6.45) is 0.293. The molecule has 0 saturated carbocycles. The van der Waals surface area contributed by atoms with Crippen LogP contribution in [0.25, 0.3) is 0 Å². The van der Waals surface area contributed by atoms with Crippen molar-refractivity contribution in [2.24, 2.45) is 0 Å². The van der Waals surface area contributed by atoms with E-state index in [0.717, 1.165) is 11.3 Å². The fourth-order valence-electron chi connectivity index (χ4n) is 2.19. The van der Waals surface area contributed by atoms with Crippen LogP contribution in [0.3, 0.4) is 0 Å². The molecule has 122 valence electrons. The first-order valence-corrected chi connectivity index (χ1v) is 7.39. The third-order valence-corrected chi connectivity index (χ3v) is 3.15. The van der Waals surface area contributed by atoms with Crippen molar-refractivity contribution in [3.8, 4) is 0 Å². The number of hydrogen-bond acceptors (Lipinski definition) is 4. The molecule has 0 aliphatic carbocycles. The van der Waals surface area contributed by atoms with E-state index in [4.69, 9.17) is 4.74 Å². The summed E-state index contributed by atoms with van der Waals surface area (Å²) in [6.45, 7) is 8.79. The Kier molecular flexibility index (Phi) is 4.58. The van der Waals surface area contributed by atoms with Gasteiger partial charge in [0.2, 0.25) is 0 Å². The number of anilines is 1. The fraction of sp³-hybridized carbons (Fsp3) is 0.643. The lowest BCUT2D eigenvalue weighted by Gasteiger charge is -2.30. The van der Waals surface area contributed by atoms with Gasteiger partial charge < -0.3 is 15.0 Å². The van der Waals surface area contributed by atoms with Gasteiger partial charge in [-0.05, 0) is 27.7 Å². The second kappa shape index (κ2) is 6.25. The van der Waals surface area contributed by atoms with Gasteiger partial charge in [0.1, 0.15) is 5.60 Å². The van der Waals surface area contributed by atoms with Crippen molar-refractivity contribution in [3.63, 3.8) is 0 Å². The van der Waals surface area contributed by atoms with Gasteiger partial charge in [0, 0.05) is 30.8 Å². The molecule has 1 aromatic rings. The molecule has 0 fully saturated rings. The average Bonchev–Trinajstić information content (AvgIpc) is 2.79. The number of carbonyl (C=O) groups is 2. The summed E-state index contributed by atoms with van der Waals surface area (Å²) in [4.78, 5) is 25.4. The molecule has 0 unspecified atom stereocenters. The molecule has 0 spiro atoms. The highest BCUT2D eigenvalue weighted by atomic mass is 16.6. The Bertz CT molecular complexity index is 561. The average molecular weight is 309 g/mol. The van der Waals surface area contributed by atoms with Gasteiger partial charge in [-0.25, -0.2) is 9.59 Å². The summed E-state index contributed by atoms with van der Waals surface area (Å²) < 4.78 is 5.38. The van der Waals surface area contributed by atoms with Gasteiger partial charge >= 0.3 is 12.1 Å². The van der Waals surface area contributed by atoms with Gasteiger partial charge in [0.05, 0.1) is 6.54 Å². The summed E-state index contributed by atoms with van der Waals surface area (Å²) in [5.41, 5.74) is 1.23. The fourth-order valence-corrected chi connectivity index (χ4v) is 2.19. The molecule has 0 radical (unpaired) electrons. The number of amides is 3. The lowest BCUT2D eigenvalue weighted by Crippen LogP contribution is -2.40. The molecule has 0 aromatic carbocycles. The first-order chi connectivity index (χ1) is 10.3. The summed E-state index contributed by atoms with van der Waals surface area (Å²) in [5, 5.41) is 12.4. The monoisotopic (exact) mass is 309 g/mol. The number of rotatable bonds is 2. The highest BCUT2D eigenvalue weighted by Gasteiger charge is 2.28. The Balaban J connectivity index is 2.07. The maximum atomic E-state index is 12.2. The topological polar surface area (TPSA) is 99.4 Å². The number of aromatic amines is 1. The van der Waals surface area contributed by atoms with Gasteiger partial charge in [0.25, 0.3) is 0 Å². The van der Waals surface area contributed by atoms with Crippen LogP contribution in [-0.4, -0.2) is 45.9 Å². The maximum Gasteiger partial charge on any atom is 0.410 e. The van der Waals surface area contributed by atoms with E-state index in [0.29, 0.717) is 31.9 Å². The van der Waals surface area contributed by atoms with Crippen molar-refractivity contribution in [1.82, 2.24) is 20.4 Å². The summed E-state index contributed by atoms with van der Waals surface area (Å²) >= 11 is 0. The molecule has 1 aromatic heterocycles. The van der Waals surface area contributed by atoms with Crippen molar-refractivity contribution >= 4 is 17.9 Å². The quantitative estimate of drug-likeness (QED) is 0.776. The summed E-state index contributed by atoms with van der Waals surface area (Å²) in [5.74, 6) is 0.453.